The molecule has 1 aliphatic heterocycles. The zero-order valence-corrected chi connectivity index (χ0v) is 21.9. The maximum absolute atomic E-state index is 13.4. The summed E-state index contributed by atoms with van der Waals surface area (Å²) in [4.78, 5) is 15.3. The Bertz CT molecular complexity index is 835. The van der Waals surface area contributed by atoms with Gasteiger partial charge in [0.05, 0.1) is 18.3 Å². The average molecular weight is 503 g/mol. The van der Waals surface area contributed by atoms with E-state index in [-0.39, 0.29) is 23.8 Å². The van der Waals surface area contributed by atoms with E-state index >= 15 is 0 Å². The van der Waals surface area contributed by atoms with E-state index in [0.717, 1.165) is 37.0 Å². The molecule has 1 saturated heterocycles. The fourth-order valence-corrected chi connectivity index (χ4v) is 6.61. The van der Waals surface area contributed by atoms with Crippen LogP contribution in [-0.4, -0.2) is 66.6 Å². The molecule has 3 aliphatic rings. The number of rotatable bonds is 11. The molecule has 3 fully saturated rings. The molecule has 1 aromatic carbocycles. The van der Waals surface area contributed by atoms with Crippen molar-refractivity contribution in [2.75, 3.05) is 33.4 Å². The number of aliphatic hydroxyl groups is 2. The van der Waals surface area contributed by atoms with Crippen molar-refractivity contribution in [1.82, 2.24) is 4.90 Å². The van der Waals surface area contributed by atoms with Crippen LogP contribution in [0, 0.1) is 17.8 Å². The van der Waals surface area contributed by atoms with Crippen molar-refractivity contribution in [3.8, 4) is 5.75 Å². The van der Waals surface area contributed by atoms with Crippen LogP contribution in [0.3, 0.4) is 0 Å². The van der Waals surface area contributed by atoms with Gasteiger partial charge in [-0.25, -0.2) is 0 Å². The first-order valence-electron chi connectivity index (χ1n) is 14.1. The summed E-state index contributed by atoms with van der Waals surface area (Å²) >= 11 is 0. The van der Waals surface area contributed by atoms with Crippen molar-refractivity contribution in [3.05, 3.63) is 29.8 Å². The number of carbonyl (C=O) groups excluding carboxylic acids is 1. The number of hydrogen-bond donors (Lipinski definition) is 3. The first kappa shape index (κ1) is 27.4. The quantitative estimate of drug-likeness (QED) is 0.400. The maximum atomic E-state index is 13.4. The molecule has 1 amide bonds. The van der Waals surface area contributed by atoms with Gasteiger partial charge in [0.1, 0.15) is 5.75 Å². The molecule has 7 heteroatoms. The highest BCUT2D eigenvalue weighted by atomic mass is 16.5. The van der Waals surface area contributed by atoms with Crippen molar-refractivity contribution >= 4 is 5.91 Å². The van der Waals surface area contributed by atoms with E-state index in [1.54, 1.807) is 7.11 Å². The minimum atomic E-state index is -1.09. The Morgan fingerprint density at radius 2 is 1.92 bits per heavy atom. The van der Waals surface area contributed by atoms with E-state index in [1.165, 1.54) is 25.7 Å². The number of unbranched alkanes of at least 4 members (excludes halogenated alkanes) is 1. The molecule has 0 aromatic heterocycles. The van der Waals surface area contributed by atoms with Crippen molar-refractivity contribution < 1.29 is 24.5 Å². The molecule has 4 rings (SSSR count). The normalized spacial score (nSPS) is 28.8. The topological polar surface area (TPSA) is 105 Å². The third-order valence-corrected chi connectivity index (χ3v) is 8.79. The Kier molecular flexibility index (Phi) is 9.67. The summed E-state index contributed by atoms with van der Waals surface area (Å²) in [6, 6.07) is 7.61. The van der Waals surface area contributed by atoms with Crippen LogP contribution in [0.1, 0.15) is 76.2 Å². The number of amides is 1. The molecule has 2 aliphatic carbocycles. The van der Waals surface area contributed by atoms with Gasteiger partial charge < -0.3 is 30.3 Å². The number of piperidine rings is 1. The molecule has 36 heavy (non-hydrogen) atoms. The zero-order chi connectivity index (χ0) is 25.5. The van der Waals surface area contributed by atoms with Gasteiger partial charge in [0.2, 0.25) is 5.91 Å². The standard InChI is InChI=1S/C29H46N2O5/c1-35-16-7-6-14-29(34,24-12-4-5-13-27(24)36-20-21-9-2-3-10-21)23-11-8-15-31(19-23)28(33)22-17-25(30)26(32)18-22/h4-5,12-13,21-23,25-26,32,34H,2-3,6-11,14-20,30H2,1H3. The van der Waals surface area contributed by atoms with Crippen LogP contribution in [0.2, 0.25) is 0 Å². The SMILES string of the molecule is COCCCCC(O)(c1ccccc1OCC1CCCC1)C1CCCN(C(=O)C2CC(N)C(O)C2)C1. The number of methoxy groups -OCH3 is 1. The number of nitrogens with zero attached hydrogens (tertiary/aromatic N) is 1. The van der Waals surface area contributed by atoms with Gasteiger partial charge in [-0.1, -0.05) is 31.0 Å². The largest absolute Gasteiger partial charge is 0.493 e. The number of ether oxygens (including phenoxy) is 2. The molecule has 1 heterocycles. The fourth-order valence-electron chi connectivity index (χ4n) is 6.61. The zero-order valence-electron chi connectivity index (χ0n) is 21.9. The number of benzene rings is 1. The fraction of sp³-hybridized carbons (Fsp3) is 0.759. The van der Waals surface area contributed by atoms with E-state index in [9.17, 15) is 15.0 Å². The van der Waals surface area contributed by atoms with E-state index in [2.05, 4.69) is 0 Å². The minimum absolute atomic E-state index is 0.0687. The van der Waals surface area contributed by atoms with Gasteiger partial charge in [-0.3, -0.25) is 4.79 Å². The number of aliphatic hydroxyl groups excluding tert-OH is 1. The second-order valence-corrected chi connectivity index (χ2v) is 11.4. The third-order valence-electron chi connectivity index (χ3n) is 8.79. The molecule has 1 aromatic rings. The predicted molar refractivity (Wildman–Crippen MR) is 140 cm³/mol. The lowest BCUT2D eigenvalue weighted by molar-refractivity contribution is -0.141. The van der Waals surface area contributed by atoms with E-state index in [1.807, 2.05) is 29.2 Å². The Morgan fingerprint density at radius 1 is 1.14 bits per heavy atom. The van der Waals surface area contributed by atoms with Crippen molar-refractivity contribution in [2.24, 2.45) is 23.5 Å². The monoisotopic (exact) mass is 502 g/mol. The Morgan fingerprint density at radius 3 is 2.64 bits per heavy atom. The number of nitrogens with two attached hydrogens (primary N) is 1. The Labute approximate surface area is 216 Å². The van der Waals surface area contributed by atoms with Crippen LogP contribution >= 0.6 is 0 Å². The van der Waals surface area contributed by atoms with Gasteiger partial charge in [0, 0.05) is 50.2 Å². The molecular formula is C29H46N2O5. The molecule has 2 saturated carbocycles. The lowest BCUT2D eigenvalue weighted by Crippen LogP contribution is -2.49. The Balaban J connectivity index is 1.53. The first-order valence-corrected chi connectivity index (χ1v) is 14.1. The number of carbonyl (C=O) groups is 1. The second-order valence-electron chi connectivity index (χ2n) is 11.4. The van der Waals surface area contributed by atoms with Gasteiger partial charge in [0.15, 0.2) is 0 Å². The molecular weight excluding hydrogens is 456 g/mol. The molecule has 0 spiro atoms. The van der Waals surface area contributed by atoms with Crippen molar-refractivity contribution in [1.29, 1.82) is 0 Å². The van der Waals surface area contributed by atoms with Gasteiger partial charge in [-0.2, -0.15) is 0 Å². The van der Waals surface area contributed by atoms with Crippen LogP contribution < -0.4 is 10.5 Å². The molecule has 0 bridgehead atoms. The van der Waals surface area contributed by atoms with Gasteiger partial charge >= 0.3 is 0 Å². The van der Waals surface area contributed by atoms with Gasteiger partial charge in [-0.15, -0.1) is 0 Å². The summed E-state index contributed by atoms with van der Waals surface area (Å²) in [5.41, 5.74) is 5.75. The number of hydrogen-bond acceptors (Lipinski definition) is 6. The Hall–Kier alpha value is -1.67. The summed E-state index contributed by atoms with van der Waals surface area (Å²) in [5, 5.41) is 22.5. The third kappa shape index (κ3) is 6.42. The van der Waals surface area contributed by atoms with Crippen LogP contribution in [0.5, 0.6) is 5.75 Å². The molecule has 7 nitrogen and oxygen atoms in total. The lowest BCUT2D eigenvalue weighted by Gasteiger charge is -2.44. The predicted octanol–water partition coefficient (Wildman–Crippen LogP) is 3.60. The smallest absolute Gasteiger partial charge is 0.225 e. The second kappa shape index (κ2) is 12.7. The number of likely N-dealkylation sites (tertiary alicyclic amines) is 1. The average Bonchev–Trinajstić information content (AvgIpc) is 3.54. The van der Waals surface area contributed by atoms with Gasteiger partial charge in [0.25, 0.3) is 0 Å². The lowest BCUT2D eigenvalue weighted by atomic mass is 9.73. The summed E-state index contributed by atoms with van der Waals surface area (Å²) in [7, 11) is 1.70. The van der Waals surface area contributed by atoms with Gasteiger partial charge in [-0.05, 0) is 69.8 Å². The minimum Gasteiger partial charge on any atom is -0.493 e. The van der Waals surface area contributed by atoms with E-state index in [4.69, 9.17) is 15.2 Å². The molecule has 5 atom stereocenters. The highest BCUT2D eigenvalue weighted by Crippen LogP contribution is 2.44. The maximum Gasteiger partial charge on any atom is 0.225 e. The van der Waals surface area contributed by atoms with Crippen molar-refractivity contribution in [2.45, 2.75) is 88.4 Å². The number of para-hydroxylation sites is 1. The van der Waals surface area contributed by atoms with Crippen molar-refractivity contribution in [3.63, 3.8) is 0 Å². The summed E-state index contributed by atoms with van der Waals surface area (Å²) in [6.07, 6.45) is 9.32. The molecule has 0 radical (unpaired) electrons. The van der Waals surface area contributed by atoms with Crippen LogP contribution in [-0.2, 0) is 15.1 Å². The summed E-state index contributed by atoms with van der Waals surface area (Å²) < 4.78 is 11.6. The summed E-state index contributed by atoms with van der Waals surface area (Å²) in [6.45, 7) is 2.56. The van der Waals surface area contributed by atoms with E-state index in [0.29, 0.717) is 51.5 Å². The molecule has 202 valence electrons. The first-order chi connectivity index (χ1) is 17.4. The van der Waals surface area contributed by atoms with E-state index < -0.39 is 11.7 Å². The van der Waals surface area contributed by atoms with Crippen LogP contribution in [0.15, 0.2) is 24.3 Å². The molecule has 4 N–H and O–H groups in total. The summed E-state index contributed by atoms with van der Waals surface area (Å²) in [5.74, 6) is 1.11. The molecule has 5 unspecified atom stereocenters. The highest BCUT2D eigenvalue weighted by molar-refractivity contribution is 5.79. The van der Waals surface area contributed by atoms with Crippen LogP contribution in [0.4, 0.5) is 0 Å². The van der Waals surface area contributed by atoms with Crippen LogP contribution in [0.25, 0.3) is 0 Å². The highest BCUT2D eigenvalue weighted by Gasteiger charge is 2.44.